The predicted octanol–water partition coefficient (Wildman–Crippen LogP) is 0.914. The van der Waals surface area contributed by atoms with Gasteiger partial charge < -0.3 is 5.32 Å². The van der Waals surface area contributed by atoms with Crippen molar-refractivity contribution in [3.8, 4) is 5.69 Å². The monoisotopic (exact) mass is 215 g/mol. The van der Waals surface area contributed by atoms with Gasteiger partial charge in [0.15, 0.2) is 0 Å². The number of nitrogens with zero attached hydrogens (tertiary/aromatic N) is 4. The van der Waals surface area contributed by atoms with Gasteiger partial charge in [0.2, 0.25) is 0 Å². The summed E-state index contributed by atoms with van der Waals surface area (Å²) in [6, 6.07) is 4.54. The zero-order valence-electron chi connectivity index (χ0n) is 8.87. The van der Waals surface area contributed by atoms with Crippen molar-refractivity contribution in [3.05, 3.63) is 36.4 Å². The molecule has 0 unspecified atom stereocenters. The van der Waals surface area contributed by atoms with Gasteiger partial charge in [-0.1, -0.05) is 5.21 Å². The van der Waals surface area contributed by atoms with Crippen molar-refractivity contribution in [2.24, 2.45) is 0 Å². The molecule has 1 fully saturated rings. The molecule has 0 atom stereocenters. The van der Waals surface area contributed by atoms with Crippen molar-refractivity contribution in [2.75, 3.05) is 0 Å². The Balaban J connectivity index is 1.71. The van der Waals surface area contributed by atoms with E-state index < -0.39 is 0 Å². The molecule has 0 amide bonds. The lowest BCUT2D eigenvalue weighted by Gasteiger charge is -1.97. The lowest BCUT2D eigenvalue weighted by Crippen LogP contribution is -2.15. The summed E-state index contributed by atoms with van der Waals surface area (Å²) in [5, 5.41) is 11.6. The molecule has 1 aliphatic rings. The average Bonchev–Trinajstić information content (AvgIpc) is 3.05. The Kier molecular flexibility index (Phi) is 2.38. The number of aromatic nitrogens is 4. The van der Waals surface area contributed by atoms with Gasteiger partial charge in [0, 0.05) is 18.8 Å². The van der Waals surface area contributed by atoms with E-state index in [0.29, 0.717) is 6.04 Å². The van der Waals surface area contributed by atoms with Gasteiger partial charge in [-0.15, -0.1) is 5.10 Å². The van der Waals surface area contributed by atoms with Crippen LogP contribution in [0.5, 0.6) is 0 Å². The molecular weight excluding hydrogens is 202 g/mol. The van der Waals surface area contributed by atoms with E-state index in [1.165, 1.54) is 12.8 Å². The standard InChI is InChI=1S/C11H13N5/c1-2-11(7-12-5-1)16-8-10(14-15-16)6-13-9-3-4-9/h1-2,5,7-9,13H,3-4,6H2. The van der Waals surface area contributed by atoms with Crippen LogP contribution < -0.4 is 5.32 Å². The third-order valence-corrected chi connectivity index (χ3v) is 2.60. The van der Waals surface area contributed by atoms with Gasteiger partial charge in [-0.2, -0.15) is 0 Å². The van der Waals surface area contributed by atoms with E-state index >= 15 is 0 Å². The second-order valence-corrected chi connectivity index (χ2v) is 4.02. The van der Waals surface area contributed by atoms with E-state index in [2.05, 4.69) is 20.6 Å². The summed E-state index contributed by atoms with van der Waals surface area (Å²) in [7, 11) is 0. The molecule has 0 aliphatic heterocycles. The maximum Gasteiger partial charge on any atom is 0.0969 e. The van der Waals surface area contributed by atoms with Crippen molar-refractivity contribution in [2.45, 2.75) is 25.4 Å². The minimum Gasteiger partial charge on any atom is -0.308 e. The molecule has 16 heavy (non-hydrogen) atoms. The predicted molar refractivity (Wildman–Crippen MR) is 59.0 cm³/mol. The van der Waals surface area contributed by atoms with E-state index in [0.717, 1.165) is 17.9 Å². The Morgan fingerprint density at radius 1 is 1.44 bits per heavy atom. The van der Waals surface area contributed by atoms with Gasteiger partial charge in [-0.3, -0.25) is 4.98 Å². The normalized spacial score (nSPS) is 15.2. The molecule has 1 N–H and O–H groups in total. The Morgan fingerprint density at radius 3 is 3.12 bits per heavy atom. The zero-order valence-corrected chi connectivity index (χ0v) is 8.87. The van der Waals surface area contributed by atoms with E-state index in [1.54, 1.807) is 17.1 Å². The molecule has 3 rings (SSSR count). The highest BCUT2D eigenvalue weighted by atomic mass is 15.4. The SMILES string of the molecule is c1cncc(-n2cc(CNC3CC3)nn2)c1. The summed E-state index contributed by atoms with van der Waals surface area (Å²) < 4.78 is 1.75. The number of hydrogen-bond donors (Lipinski definition) is 1. The Labute approximate surface area is 93.5 Å². The second kappa shape index (κ2) is 4.02. The van der Waals surface area contributed by atoms with Crippen LogP contribution in [0.2, 0.25) is 0 Å². The fourth-order valence-corrected chi connectivity index (χ4v) is 1.53. The molecule has 2 aromatic rings. The molecule has 0 bridgehead atoms. The smallest absolute Gasteiger partial charge is 0.0969 e. The van der Waals surface area contributed by atoms with Crippen LogP contribution in [-0.2, 0) is 6.54 Å². The third kappa shape index (κ3) is 2.09. The van der Waals surface area contributed by atoms with E-state index in [1.807, 2.05) is 18.3 Å². The lowest BCUT2D eigenvalue weighted by atomic mass is 10.4. The van der Waals surface area contributed by atoms with Crippen molar-refractivity contribution in [3.63, 3.8) is 0 Å². The molecule has 5 heteroatoms. The molecule has 2 heterocycles. The first kappa shape index (κ1) is 9.47. The molecule has 0 aromatic carbocycles. The van der Waals surface area contributed by atoms with Gasteiger partial charge in [-0.05, 0) is 25.0 Å². The zero-order chi connectivity index (χ0) is 10.8. The molecule has 82 valence electrons. The van der Waals surface area contributed by atoms with E-state index in [-0.39, 0.29) is 0 Å². The van der Waals surface area contributed by atoms with Crippen LogP contribution in [0, 0.1) is 0 Å². The maximum absolute atomic E-state index is 4.11. The van der Waals surface area contributed by atoms with Crippen LogP contribution in [0.15, 0.2) is 30.7 Å². The highest BCUT2D eigenvalue weighted by Crippen LogP contribution is 2.18. The molecule has 2 aromatic heterocycles. The molecule has 1 aliphatic carbocycles. The summed E-state index contributed by atoms with van der Waals surface area (Å²) in [6.07, 6.45) is 8.03. The highest BCUT2D eigenvalue weighted by Gasteiger charge is 2.20. The van der Waals surface area contributed by atoms with Crippen LogP contribution in [-0.4, -0.2) is 26.0 Å². The summed E-state index contributed by atoms with van der Waals surface area (Å²) in [4.78, 5) is 4.05. The topological polar surface area (TPSA) is 55.6 Å². The largest absolute Gasteiger partial charge is 0.308 e. The minimum absolute atomic E-state index is 0.698. The van der Waals surface area contributed by atoms with Crippen molar-refractivity contribution in [1.29, 1.82) is 0 Å². The number of pyridine rings is 1. The molecule has 1 saturated carbocycles. The first-order valence-corrected chi connectivity index (χ1v) is 5.47. The Hall–Kier alpha value is -1.75. The third-order valence-electron chi connectivity index (χ3n) is 2.60. The van der Waals surface area contributed by atoms with Gasteiger partial charge >= 0.3 is 0 Å². The van der Waals surface area contributed by atoms with Gasteiger partial charge in [0.05, 0.1) is 23.8 Å². The first-order valence-electron chi connectivity index (χ1n) is 5.47. The highest BCUT2D eigenvalue weighted by molar-refractivity contribution is 5.26. The first-order chi connectivity index (χ1) is 7.92. The Morgan fingerprint density at radius 2 is 2.38 bits per heavy atom. The van der Waals surface area contributed by atoms with E-state index in [9.17, 15) is 0 Å². The van der Waals surface area contributed by atoms with Crippen LogP contribution in [0.3, 0.4) is 0 Å². The Bertz CT molecular complexity index is 460. The van der Waals surface area contributed by atoms with Crippen molar-refractivity contribution < 1.29 is 0 Å². The van der Waals surface area contributed by atoms with Crippen LogP contribution >= 0.6 is 0 Å². The maximum atomic E-state index is 4.11. The summed E-state index contributed by atoms with van der Waals surface area (Å²) in [6.45, 7) is 0.797. The molecular formula is C11H13N5. The summed E-state index contributed by atoms with van der Waals surface area (Å²) >= 11 is 0. The summed E-state index contributed by atoms with van der Waals surface area (Å²) in [5.41, 5.74) is 1.91. The summed E-state index contributed by atoms with van der Waals surface area (Å²) in [5.74, 6) is 0. The van der Waals surface area contributed by atoms with E-state index in [4.69, 9.17) is 0 Å². The molecule has 0 saturated heterocycles. The number of nitrogens with one attached hydrogen (secondary N) is 1. The van der Waals surface area contributed by atoms with Crippen molar-refractivity contribution >= 4 is 0 Å². The average molecular weight is 215 g/mol. The molecule has 0 radical (unpaired) electrons. The number of hydrogen-bond acceptors (Lipinski definition) is 4. The molecule has 5 nitrogen and oxygen atoms in total. The quantitative estimate of drug-likeness (QED) is 0.823. The van der Waals surface area contributed by atoms with Crippen molar-refractivity contribution in [1.82, 2.24) is 25.3 Å². The van der Waals surface area contributed by atoms with Gasteiger partial charge in [-0.25, -0.2) is 4.68 Å². The van der Waals surface area contributed by atoms with Gasteiger partial charge in [0.25, 0.3) is 0 Å². The lowest BCUT2D eigenvalue weighted by molar-refractivity contribution is 0.671. The molecule has 0 spiro atoms. The fourth-order valence-electron chi connectivity index (χ4n) is 1.53. The minimum atomic E-state index is 0.698. The van der Waals surface area contributed by atoms with Crippen LogP contribution in [0.1, 0.15) is 18.5 Å². The number of rotatable bonds is 4. The van der Waals surface area contributed by atoms with Gasteiger partial charge in [0.1, 0.15) is 0 Å². The second-order valence-electron chi connectivity index (χ2n) is 4.02. The van der Waals surface area contributed by atoms with Crippen LogP contribution in [0.4, 0.5) is 0 Å². The fraction of sp³-hybridized carbons (Fsp3) is 0.364. The van der Waals surface area contributed by atoms with Crippen LogP contribution in [0.25, 0.3) is 5.69 Å².